The number of ether oxygens (including phenoxy) is 3. The molecule has 0 aromatic carbocycles. The van der Waals surface area contributed by atoms with Crippen molar-refractivity contribution in [2.45, 2.75) is 169 Å². The lowest BCUT2D eigenvalue weighted by Crippen LogP contribution is -2.22. The Bertz CT molecular complexity index is 583. The number of esters is 1. The van der Waals surface area contributed by atoms with Gasteiger partial charge in [0.05, 0.1) is 13.0 Å². The van der Waals surface area contributed by atoms with E-state index in [4.69, 9.17) is 14.2 Å². The van der Waals surface area contributed by atoms with Crippen molar-refractivity contribution < 1.29 is 24.1 Å². The molecule has 0 aliphatic rings. The second-order valence-corrected chi connectivity index (χ2v) is 12.0. The molecule has 0 saturated heterocycles. The highest BCUT2D eigenvalue weighted by Gasteiger charge is 2.16. The third-order valence-electron chi connectivity index (χ3n) is 7.92. The monoisotopic (exact) mass is 595 g/mol. The number of aliphatic hydroxyl groups excluding tert-OH is 1. The van der Waals surface area contributed by atoms with Crippen LogP contribution >= 0.6 is 0 Å². The number of carbonyl (C=O) groups excluding carboxylic acids is 1. The summed E-state index contributed by atoms with van der Waals surface area (Å²) in [6.45, 7) is 10.5. The molecule has 5 heteroatoms. The predicted molar refractivity (Wildman–Crippen MR) is 179 cm³/mol. The topological polar surface area (TPSA) is 65.0 Å². The molecule has 42 heavy (non-hydrogen) atoms. The number of allylic oxidation sites excluding steroid dienone is 4. The Labute approximate surface area is 261 Å². The Kier molecular flexibility index (Phi) is 31.8. The second-order valence-electron chi connectivity index (χ2n) is 12.0. The zero-order chi connectivity index (χ0) is 30.9. The lowest BCUT2D eigenvalue weighted by Gasteiger charge is -2.20. The van der Waals surface area contributed by atoms with Crippen molar-refractivity contribution >= 4 is 5.97 Å². The minimum absolute atomic E-state index is 0.0210. The van der Waals surface area contributed by atoms with Gasteiger partial charge in [0, 0.05) is 32.2 Å². The van der Waals surface area contributed by atoms with E-state index in [1.54, 1.807) is 0 Å². The number of hydrogen-bond acceptors (Lipinski definition) is 5. The fourth-order valence-electron chi connectivity index (χ4n) is 5.18. The van der Waals surface area contributed by atoms with Crippen molar-refractivity contribution in [2.75, 3.05) is 26.4 Å². The van der Waals surface area contributed by atoms with Crippen LogP contribution in [0, 0.1) is 11.8 Å². The Balaban J connectivity index is 4.47. The minimum Gasteiger partial charge on any atom is -0.465 e. The highest BCUT2D eigenvalue weighted by molar-refractivity contribution is 5.69. The molecule has 5 nitrogen and oxygen atoms in total. The first-order valence-corrected chi connectivity index (χ1v) is 17.9. The molecule has 1 atom stereocenters. The van der Waals surface area contributed by atoms with Gasteiger partial charge in [0.1, 0.15) is 0 Å². The van der Waals surface area contributed by atoms with Crippen LogP contribution in [-0.4, -0.2) is 43.8 Å². The van der Waals surface area contributed by atoms with Crippen LogP contribution in [0.1, 0.15) is 163 Å². The Morgan fingerprint density at radius 2 is 1.14 bits per heavy atom. The number of rotatable bonds is 32. The van der Waals surface area contributed by atoms with E-state index in [2.05, 4.69) is 52.0 Å². The summed E-state index contributed by atoms with van der Waals surface area (Å²) in [6.07, 6.45) is 31.5. The molecule has 0 heterocycles. The SMILES string of the molecule is CC/C=C\CCCCOC(CCC(=O)OCC(CO)CCCC(CCCCC)CCCCC)OCCCC/C=C\CC. The van der Waals surface area contributed by atoms with Crippen LogP contribution in [0.2, 0.25) is 0 Å². The summed E-state index contributed by atoms with van der Waals surface area (Å²) in [5.74, 6) is 0.590. The molecule has 0 aliphatic carbocycles. The van der Waals surface area contributed by atoms with Gasteiger partial charge < -0.3 is 19.3 Å². The molecule has 0 bridgehead atoms. The molecule has 0 aliphatic heterocycles. The first-order valence-electron chi connectivity index (χ1n) is 17.9. The normalized spacial score (nSPS) is 12.8. The van der Waals surface area contributed by atoms with Crippen LogP contribution < -0.4 is 0 Å². The van der Waals surface area contributed by atoms with Gasteiger partial charge in [0.2, 0.25) is 0 Å². The predicted octanol–water partition coefficient (Wildman–Crippen LogP) is 10.5. The standard InChI is InChI=1S/C37H70O5/c1-5-9-13-15-17-21-30-40-37(41-31-22-18-16-14-10-6-2)29-28-36(39)42-33-35(32-38)27-23-26-34(24-19-11-7-3)25-20-12-8-4/h9-10,13-14,34-35,37-38H,5-8,11-12,15-33H2,1-4H3/b13-9-,14-10-. The van der Waals surface area contributed by atoms with Crippen LogP contribution in [0.15, 0.2) is 24.3 Å². The number of unbranched alkanes of at least 4 members (excludes halogenated alkanes) is 8. The average Bonchev–Trinajstić information content (AvgIpc) is 3.00. The highest BCUT2D eigenvalue weighted by Crippen LogP contribution is 2.24. The summed E-state index contributed by atoms with van der Waals surface area (Å²) < 4.78 is 17.7. The van der Waals surface area contributed by atoms with Gasteiger partial charge in [-0.25, -0.2) is 0 Å². The van der Waals surface area contributed by atoms with E-state index in [-0.39, 0.29) is 31.2 Å². The van der Waals surface area contributed by atoms with Crippen LogP contribution in [0.3, 0.4) is 0 Å². The zero-order valence-corrected chi connectivity index (χ0v) is 28.3. The van der Waals surface area contributed by atoms with Gasteiger partial charge in [-0.2, -0.15) is 0 Å². The van der Waals surface area contributed by atoms with E-state index in [0.717, 1.165) is 70.1 Å². The lowest BCUT2D eigenvalue weighted by molar-refractivity contribution is -0.160. The molecular formula is C37H70O5. The van der Waals surface area contributed by atoms with Gasteiger partial charge in [0.15, 0.2) is 6.29 Å². The highest BCUT2D eigenvalue weighted by atomic mass is 16.7. The molecule has 0 rings (SSSR count). The molecule has 0 aromatic heterocycles. The van der Waals surface area contributed by atoms with Gasteiger partial charge in [-0.1, -0.05) is 116 Å². The quantitative estimate of drug-likeness (QED) is 0.0363. The van der Waals surface area contributed by atoms with E-state index in [0.29, 0.717) is 26.2 Å². The molecule has 1 N–H and O–H groups in total. The van der Waals surface area contributed by atoms with E-state index >= 15 is 0 Å². The molecule has 0 amide bonds. The molecule has 0 spiro atoms. The van der Waals surface area contributed by atoms with Crippen LogP contribution in [0.25, 0.3) is 0 Å². The largest absolute Gasteiger partial charge is 0.465 e. The first-order chi connectivity index (χ1) is 20.6. The molecule has 0 fully saturated rings. The van der Waals surface area contributed by atoms with Crippen molar-refractivity contribution in [2.24, 2.45) is 11.8 Å². The summed E-state index contributed by atoms with van der Waals surface area (Å²) in [7, 11) is 0. The Morgan fingerprint density at radius 1 is 0.619 bits per heavy atom. The van der Waals surface area contributed by atoms with Crippen LogP contribution in [0.5, 0.6) is 0 Å². The Hall–Kier alpha value is -1.17. The summed E-state index contributed by atoms with van der Waals surface area (Å²) in [5, 5.41) is 9.91. The number of hydrogen-bond donors (Lipinski definition) is 1. The molecule has 0 saturated carbocycles. The van der Waals surface area contributed by atoms with Crippen LogP contribution in [0.4, 0.5) is 0 Å². The maximum atomic E-state index is 12.6. The van der Waals surface area contributed by atoms with Crippen molar-refractivity contribution in [1.29, 1.82) is 0 Å². The molecule has 248 valence electrons. The zero-order valence-electron chi connectivity index (χ0n) is 28.3. The van der Waals surface area contributed by atoms with Crippen molar-refractivity contribution in [1.82, 2.24) is 0 Å². The number of aliphatic hydroxyl groups is 1. The molecule has 0 aromatic rings. The maximum Gasteiger partial charge on any atom is 0.305 e. The summed E-state index contributed by atoms with van der Waals surface area (Å²) in [6, 6.07) is 0. The summed E-state index contributed by atoms with van der Waals surface area (Å²) in [4.78, 5) is 12.6. The Morgan fingerprint density at radius 3 is 1.64 bits per heavy atom. The van der Waals surface area contributed by atoms with Gasteiger partial charge >= 0.3 is 5.97 Å². The fourth-order valence-corrected chi connectivity index (χ4v) is 5.18. The minimum atomic E-state index is -0.374. The average molecular weight is 595 g/mol. The van der Waals surface area contributed by atoms with Gasteiger partial charge in [-0.15, -0.1) is 0 Å². The third kappa shape index (κ3) is 27.7. The summed E-state index contributed by atoms with van der Waals surface area (Å²) in [5.41, 5.74) is 0. The molecule has 1 unspecified atom stereocenters. The maximum absolute atomic E-state index is 12.6. The van der Waals surface area contributed by atoms with Crippen molar-refractivity contribution in [3.8, 4) is 0 Å². The van der Waals surface area contributed by atoms with E-state index < -0.39 is 0 Å². The molecular weight excluding hydrogens is 524 g/mol. The fraction of sp³-hybridized carbons (Fsp3) is 0.865. The van der Waals surface area contributed by atoms with Crippen molar-refractivity contribution in [3.63, 3.8) is 0 Å². The van der Waals surface area contributed by atoms with E-state index in [9.17, 15) is 9.90 Å². The van der Waals surface area contributed by atoms with Gasteiger partial charge in [-0.05, 0) is 63.7 Å². The molecule has 0 radical (unpaired) electrons. The van der Waals surface area contributed by atoms with Gasteiger partial charge in [0.25, 0.3) is 0 Å². The van der Waals surface area contributed by atoms with Crippen molar-refractivity contribution in [3.05, 3.63) is 24.3 Å². The first kappa shape index (κ1) is 40.8. The second kappa shape index (κ2) is 32.7. The van der Waals surface area contributed by atoms with E-state index in [1.165, 1.54) is 57.8 Å². The summed E-state index contributed by atoms with van der Waals surface area (Å²) >= 11 is 0. The van der Waals surface area contributed by atoms with Crippen LogP contribution in [-0.2, 0) is 19.0 Å². The van der Waals surface area contributed by atoms with E-state index in [1.807, 2.05) is 0 Å². The smallest absolute Gasteiger partial charge is 0.305 e. The number of carbonyl (C=O) groups is 1. The third-order valence-corrected chi connectivity index (χ3v) is 7.92. The lowest BCUT2D eigenvalue weighted by atomic mass is 9.89. The van der Waals surface area contributed by atoms with Gasteiger partial charge in [-0.3, -0.25) is 4.79 Å².